The molecule has 0 saturated heterocycles. The maximum Gasteiger partial charge on any atom is 0.228 e. The largest absolute Gasteiger partial charge is 0.493 e. The highest BCUT2D eigenvalue weighted by Gasteiger charge is 2.22. The van der Waals surface area contributed by atoms with Gasteiger partial charge in [-0.15, -0.1) is 0 Å². The second-order valence-corrected chi connectivity index (χ2v) is 13.6. The average molecular weight is 592 g/mol. The van der Waals surface area contributed by atoms with Crippen LogP contribution >= 0.6 is 11.3 Å². The minimum atomic E-state index is -0.0653. The number of rotatable bonds is 19. The van der Waals surface area contributed by atoms with Crippen molar-refractivity contribution in [2.75, 3.05) is 11.9 Å². The third kappa shape index (κ3) is 11.9. The van der Waals surface area contributed by atoms with E-state index in [1.165, 1.54) is 81.9 Å². The first-order valence-corrected chi connectivity index (χ1v) is 17.3. The molecule has 5 heteroatoms. The van der Waals surface area contributed by atoms with Gasteiger partial charge < -0.3 is 10.1 Å². The number of unbranched alkanes of at least 4 members (excludes halogenated alkanes) is 11. The summed E-state index contributed by atoms with van der Waals surface area (Å²) in [5.74, 6) is 0.870. The molecule has 0 fully saturated rings. The molecule has 0 aliphatic rings. The van der Waals surface area contributed by atoms with Crippen molar-refractivity contribution in [3.05, 3.63) is 75.7 Å². The number of nitrogens with one attached hydrogen (secondary N) is 1. The molecule has 230 valence electrons. The Hall–Kier alpha value is -2.66. The van der Waals surface area contributed by atoms with Gasteiger partial charge in [-0.05, 0) is 29.5 Å². The molecule has 0 spiro atoms. The molecule has 0 atom stereocenters. The molecule has 2 aromatic carbocycles. The molecule has 0 aliphatic carbocycles. The molecule has 0 aliphatic heterocycles. The zero-order chi connectivity index (χ0) is 30.2. The Morgan fingerprint density at radius 1 is 0.881 bits per heavy atom. The van der Waals surface area contributed by atoms with Gasteiger partial charge in [-0.1, -0.05) is 140 Å². The van der Waals surface area contributed by atoms with E-state index in [-0.39, 0.29) is 11.3 Å². The van der Waals surface area contributed by atoms with Crippen LogP contribution in [-0.2, 0) is 23.2 Å². The third-order valence-electron chi connectivity index (χ3n) is 7.94. The lowest BCUT2D eigenvalue weighted by molar-refractivity contribution is -0.689. The SMILES string of the molecule is CCCCCCCCCCCCCCOc1c(CC(=O)Nc2cccc(C[n+]3cscc3C)c2)cccc1C(C)(C)C. The van der Waals surface area contributed by atoms with E-state index in [2.05, 4.69) is 79.7 Å². The second kappa shape index (κ2) is 18.1. The first kappa shape index (κ1) is 33.8. The summed E-state index contributed by atoms with van der Waals surface area (Å²) in [5.41, 5.74) is 7.42. The number of aromatic nitrogens is 1. The lowest BCUT2D eigenvalue weighted by Gasteiger charge is -2.25. The van der Waals surface area contributed by atoms with E-state index in [1.807, 2.05) is 18.2 Å². The summed E-state index contributed by atoms with van der Waals surface area (Å²) < 4.78 is 8.67. The Kier molecular flexibility index (Phi) is 14.6. The molecule has 3 aromatic rings. The summed E-state index contributed by atoms with van der Waals surface area (Å²) in [4.78, 5) is 13.2. The Balaban J connectivity index is 1.49. The predicted octanol–water partition coefficient (Wildman–Crippen LogP) is 9.95. The number of ether oxygens (including phenoxy) is 1. The van der Waals surface area contributed by atoms with Crippen LogP contribution in [0, 0.1) is 6.92 Å². The molecule has 3 rings (SSSR count). The fraction of sp³-hybridized carbons (Fsp3) is 0.568. The van der Waals surface area contributed by atoms with E-state index in [0.29, 0.717) is 13.0 Å². The van der Waals surface area contributed by atoms with Gasteiger partial charge in [0.1, 0.15) is 5.75 Å². The van der Waals surface area contributed by atoms with E-state index in [9.17, 15) is 4.79 Å². The van der Waals surface area contributed by atoms with Gasteiger partial charge in [-0.3, -0.25) is 4.79 Å². The van der Waals surface area contributed by atoms with E-state index < -0.39 is 0 Å². The third-order valence-corrected chi connectivity index (χ3v) is 8.80. The van der Waals surface area contributed by atoms with Crippen LogP contribution in [0.2, 0.25) is 0 Å². The number of anilines is 1. The molecule has 4 nitrogen and oxygen atoms in total. The average Bonchev–Trinajstić information content (AvgIpc) is 3.35. The van der Waals surface area contributed by atoms with Crippen LogP contribution in [0.5, 0.6) is 5.75 Å². The van der Waals surface area contributed by atoms with Crippen molar-refractivity contribution in [2.24, 2.45) is 0 Å². The number of para-hydroxylation sites is 1. The van der Waals surface area contributed by atoms with E-state index in [0.717, 1.165) is 35.5 Å². The second-order valence-electron chi connectivity index (χ2n) is 12.8. The van der Waals surface area contributed by atoms with Gasteiger partial charge >= 0.3 is 0 Å². The Morgan fingerprint density at radius 2 is 1.52 bits per heavy atom. The Labute approximate surface area is 259 Å². The van der Waals surface area contributed by atoms with Crippen LogP contribution in [0.15, 0.2) is 53.4 Å². The lowest BCUT2D eigenvalue weighted by Crippen LogP contribution is -2.34. The Bertz CT molecular complexity index is 1210. The van der Waals surface area contributed by atoms with Crippen molar-refractivity contribution in [1.29, 1.82) is 0 Å². The highest BCUT2D eigenvalue weighted by atomic mass is 32.1. The molecular weight excluding hydrogens is 536 g/mol. The van der Waals surface area contributed by atoms with Crippen molar-refractivity contribution >= 4 is 22.9 Å². The fourth-order valence-electron chi connectivity index (χ4n) is 5.44. The van der Waals surface area contributed by atoms with Gasteiger partial charge in [-0.25, -0.2) is 0 Å². The standard InChI is InChI=1S/C37H54N2O2S/c1-6-7-8-9-10-11-12-13-14-15-16-17-24-41-36-32(21-19-23-34(36)37(3,4)5)26-35(40)38-33-22-18-20-31(25-33)27-39-29-42-28-30(39)2/h18-23,25,28-29H,6-17,24,26-27H2,1-5H3/p+1. The van der Waals surface area contributed by atoms with Gasteiger partial charge in [-0.2, -0.15) is 4.57 Å². The summed E-state index contributed by atoms with van der Waals surface area (Å²) in [6.07, 6.45) is 16.2. The number of amides is 1. The number of carbonyl (C=O) groups is 1. The number of carbonyl (C=O) groups excluding carboxylic acids is 1. The number of aryl methyl sites for hydroxylation is 1. The van der Waals surface area contributed by atoms with Crippen LogP contribution in [0.1, 0.15) is 127 Å². The molecule has 1 amide bonds. The summed E-state index contributed by atoms with van der Waals surface area (Å²) in [7, 11) is 0. The summed E-state index contributed by atoms with van der Waals surface area (Å²) >= 11 is 1.70. The molecule has 0 radical (unpaired) electrons. The van der Waals surface area contributed by atoms with Gasteiger partial charge in [0.2, 0.25) is 11.4 Å². The maximum absolute atomic E-state index is 13.2. The molecule has 0 unspecified atom stereocenters. The van der Waals surface area contributed by atoms with E-state index in [1.54, 1.807) is 11.3 Å². The topological polar surface area (TPSA) is 42.2 Å². The summed E-state index contributed by atoms with van der Waals surface area (Å²) in [6.45, 7) is 12.5. The van der Waals surface area contributed by atoms with Crippen molar-refractivity contribution in [1.82, 2.24) is 0 Å². The molecule has 1 aromatic heterocycles. The van der Waals surface area contributed by atoms with Crippen molar-refractivity contribution in [2.45, 2.75) is 130 Å². The molecule has 1 N–H and O–H groups in total. The van der Waals surface area contributed by atoms with Gasteiger partial charge in [0.05, 0.1) is 18.4 Å². The molecule has 1 heterocycles. The number of hydrogen-bond acceptors (Lipinski definition) is 3. The quantitative estimate of drug-likeness (QED) is 0.111. The molecule has 0 saturated carbocycles. The predicted molar refractivity (Wildman–Crippen MR) is 179 cm³/mol. The smallest absolute Gasteiger partial charge is 0.228 e. The summed E-state index contributed by atoms with van der Waals surface area (Å²) in [5, 5.41) is 5.27. The molecule has 42 heavy (non-hydrogen) atoms. The van der Waals surface area contributed by atoms with E-state index >= 15 is 0 Å². The fourth-order valence-corrected chi connectivity index (χ4v) is 6.22. The number of thiazole rings is 1. The van der Waals surface area contributed by atoms with Gasteiger partial charge in [0.25, 0.3) is 0 Å². The maximum atomic E-state index is 13.2. The zero-order valence-electron chi connectivity index (χ0n) is 27.0. The molecular formula is C37H55N2O2S+. The van der Waals surface area contributed by atoms with Crippen LogP contribution in [0.3, 0.4) is 0 Å². The number of benzene rings is 2. The zero-order valence-corrected chi connectivity index (χ0v) is 27.8. The normalized spacial score (nSPS) is 11.5. The number of hydrogen-bond donors (Lipinski definition) is 1. The van der Waals surface area contributed by atoms with Gasteiger partial charge in [0, 0.05) is 23.7 Å². The summed E-state index contributed by atoms with van der Waals surface area (Å²) in [6, 6.07) is 14.4. The minimum absolute atomic E-state index is 0.0206. The number of nitrogens with zero attached hydrogens (tertiary/aromatic N) is 1. The monoisotopic (exact) mass is 591 g/mol. The van der Waals surface area contributed by atoms with Crippen LogP contribution in [-0.4, -0.2) is 12.5 Å². The lowest BCUT2D eigenvalue weighted by atomic mass is 9.84. The van der Waals surface area contributed by atoms with Crippen molar-refractivity contribution in [3.8, 4) is 5.75 Å². The van der Waals surface area contributed by atoms with Gasteiger partial charge in [0.15, 0.2) is 12.2 Å². The van der Waals surface area contributed by atoms with E-state index in [4.69, 9.17) is 4.74 Å². The first-order valence-electron chi connectivity index (χ1n) is 16.3. The van der Waals surface area contributed by atoms with Crippen LogP contribution in [0.4, 0.5) is 5.69 Å². The van der Waals surface area contributed by atoms with Crippen molar-refractivity contribution < 1.29 is 14.1 Å². The highest BCUT2D eigenvalue weighted by molar-refractivity contribution is 7.07. The minimum Gasteiger partial charge on any atom is -0.493 e. The van der Waals surface area contributed by atoms with Crippen LogP contribution in [0.25, 0.3) is 0 Å². The highest BCUT2D eigenvalue weighted by Crippen LogP contribution is 2.35. The van der Waals surface area contributed by atoms with Crippen LogP contribution < -0.4 is 14.6 Å². The van der Waals surface area contributed by atoms with Crippen molar-refractivity contribution in [3.63, 3.8) is 0 Å². The Morgan fingerprint density at radius 3 is 2.14 bits per heavy atom. The molecule has 0 bridgehead atoms. The first-order chi connectivity index (χ1) is 20.3.